The molecule has 2 aliphatic carbocycles. The summed E-state index contributed by atoms with van der Waals surface area (Å²) in [5, 5.41) is 12.6. The van der Waals surface area contributed by atoms with Crippen molar-refractivity contribution in [2.24, 2.45) is 11.3 Å². The van der Waals surface area contributed by atoms with Gasteiger partial charge >= 0.3 is 5.97 Å². The van der Waals surface area contributed by atoms with E-state index in [0.717, 1.165) is 16.9 Å². The number of anilines is 1. The zero-order valence-corrected chi connectivity index (χ0v) is 13.2. The van der Waals surface area contributed by atoms with Crippen LogP contribution in [0.2, 0.25) is 0 Å². The summed E-state index contributed by atoms with van der Waals surface area (Å²) < 4.78 is 0. The zero-order valence-electron chi connectivity index (χ0n) is 12.4. The van der Waals surface area contributed by atoms with Crippen molar-refractivity contribution < 1.29 is 14.7 Å². The number of benzene rings is 1. The summed E-state index contributed by atoms with van der Waals surface area (Å²) in [4.78, 5) is 28.4. The number of hydrogen-bond acceptors (Lipinski definition) is 4. The van der Waals surface area contributed by atoms with Crippen LogP contribution in [0.15, 0.2) is 30.5 Å². The minimum absolute atomic E-state index is 0.0938. The zero-order chi connectivity index (χ0) is 16.0. The van der Waals surface area contributed by atoms with Crippen molar-refractivity contribution in [3.05, 3.63) is 46.5 Å². The number of carboxylic acid groups (broad SMARTS) is 1. The number of carbonyl (C=O) groups is 2. The summed E-state index contributed by atoms with van der Waals surface area (Å²) in [5.41, 5.74) is 1.55. The monoisotopic (exact) mass is 328 g/mol. The van der Waals surface area contributed by atoms with E-state index in [2.05, 4.69) is 10.3 Å². The van der Waals surface area contributed by atoms with Crippen LogP contribution >= 0.6 is 11.3 Å². The third-order valence-corrected chi connectivity index (χ3v) is 5.65. The molecule has 5 nitrogen and oxygen atoms in total. The van der Waals surface area contributed by atoms with Crippen LogP contribution in [0.5, 0.6) is 0 Å². The molecule has 1 atom stereocenters. The first-order valence-corrected chi connectivity index (χ1v) is 8.45. The highest BCUT2D eigenvalue weighted by Crippen LogP contribution is 2.70. The number of rotatable bonds is 5. The molecule has 2 saturated carbocycles. The third kappa shape index (κ3) is 2.86. The Labute approximate surface area is 137 Å². The molecule has 6 heteroatoms. The predicted molar refractivity (Wildman–Crippen MR) is 86.7 cm³/mol. The Balaban J connectivity index is 1.40. The number of nitrogens with one attached hydrogen (secondary N) is 1. The lowest BCUT2D eigenvalue weighted by molar-refractivity contribution is -0.117. The maximum atomic E-state index is 12.1. The number of thiazole rings is 1. The lowest BCUT2D eigenvalue weighted by atomic mass is 10.1. The first-order valence-electron chi connectivity index (χ1n) is 7.64. The number of carboxylic acids is 1. The van der Waals surface area contributed by atoms with Crippen LogP contribution in [0, 0.1) is 11.3 Å². The van der Waals surface area contributed by atoms with Crippen molar-refractivity contribution in [2.75, 3.05) is 5.32 Å². The van der Waals surface area contributed by atoms with Gasteiger partial charge in [-0.2, -0.15) is 0 Å². The van der Waals surface area contributed by atoms with Crippen molar-refractivity contribution in [1.82, 2.24) is 4.98 Å². The lowest BCUT2D eigenvalue weighted by Gasteiger charge is -2.01. The van der Waals surface area contributed by atoms with E-state index in [1.807, 2.05) is 6.07 Å². The van der Waals surface area contributed by atoms with Crippen LogP contribution < -0.4 is 5.32 Å². The molecular weight excluding hydrogens is 312 g/mol. The summed E-state index contributed by atoms with van der Waals surface area (Å²) in [7, 11) is 0. The normalized spacial score (nSPS) is 20.3. The summed E-state index contributed by atoms with van der Waals surface area (Å²) in [5.74, 6) is -0.652. The highest BCUT2D eigenvalue weighted by molar-refractivity contribution is 7.15. The molecular formula is C17H16N2O3S. The Hall–Kier alpha value is -2.21. The van der Waals surface area contributed by atoms with Crippen LogP contribution in [-0.2, 0) is 11.2 Å². The Morgan fingerprint density at radius 2 is 2.22 bits per heavy atom. The van der Waals surface area contributed by atoms with Gasteiger partial charge in [-0.05, 0) is 42.4 Å². The van der Waals surface area contributed by atoms with Gasteiger partial charge in [0.15, 0.2) is 5.13 Å². The molecule has 1 spiro atoms. The average Bonchev–Trinajstić information content (AvgIpc) is 3.42. The van der Waals surface area contributed by atoms with E-state index in [0.29, 0.717) is 17.0 Å². The van der Waals surface area contributed by atoms with Crippen molar-refractivity contribution in [1.29, 1.82) is 0 Å². The van der Waals surface area contributed by atoms with Crippen molar-refractivity contribution >= 4 is 28.3 Å². The van der Waals surface area contributed by atoms with E-state index in [4.69, 9.17) is 5.11 Å². The molecule has 0 radical (unpaired) electrons. The van der Waals surface area contributed by atoms with Gasteiger partial charge in [-0.3, -0.25) is 4.79 Å². The number of aromatic nitrogens is 1. The van der Waals surface area contributed by atoms with Gasteiger partial charge in [-0.25, -0.2) is 9.78 Å². The molecule has 1 amide bonds. The number of hydrogen-bond donors (Lipinski definition) is 2. The molecule has 2 aliphatic rings. The van der Waals surface area contributed by atoms with E-state index < -0.39 is 5.97 Å². The molecule has 0 aliphatic heterocycles. The van der Waals surface area contributed by atoms with Gasteiger partial charge in [0, 0.05) is 23.4 Å². The fourth-order valence-electron chi connectivity index (χ4n) is 3.09. The number of carbonyl (C=O) groups excluding carboxylic acids is 1. The number of nitrogens with zero attached hydrogens (tertiary/aromatic N) is 1. The largest absolute Gasteiger partial charge is 0.478 e. The fraction of sp³-hybridized carbons (Fsp3) is 0.353. The maximum Gasteiger partial charge on any atom is 0.335 e. The Kier molecular flexibility index (Phi) is 3.23. The summed E-state index contributed by atoms with van der Waals surface area (Å²) in [6.45, 7) is 0. The van der Waals surface area contributed by atoms with E-state index in [9.17, 15) is 9.59 Å². The van der Waals surface area contributed by atoms with Crippen LogP contribution in [0.4, 0.5) is 5.13 Å². The van der Waals surface area contributed by atoms with Gasteiger partial charge in [-0.15, -0.1) is 11.3 Å². The molecule has 4 rings (SSSR count). The standard InChI is InChI=1S/C17H16N2O3S/c20-14(13-8-17(13)4-5-17)19-16-18-9-12(23-16)7-10-2-1-3-11(6-10)15(21)22/h1-3,6,9,13H,4-5,7-8H2,(H,21,22)(H,18,19,20). The third-order valence-electron chi connectivity index (χ3n) is 4.73. The molecule has 23 heavy (non-hydrogen) atoms. The Bertz CT molecular complexity index is 795. The SMILES string of the molecule is O=C(O)c1cccc(Cc2cnc(NC(=O)C3CC34CC4)s2)c1. The van der Waals surface area contributed by atoms with Crippen LogP contribution in [0.3, 0.4) is 0 Å². The first-order chi connectivity index (χ1) is 11.1. The fourth-order valence-corrected chi connectivity index (χ4v) is 3.94. The van der Waals surface area contributed by atoms with Crippen molar-refractivity contribution in [3.63, 3.8) is 0 Å². The average molecular weight is 328 g/mol. The maximum absolute atomic E-state index is 12.1. The Morgan fingerprint density at radius 3 is 2.91 bits per heavy atom. The van der Waals surface area contributed by atoms with Crippen LogP contribution in [-0.4, -0.2) is 22.0 Å². The molecule has 0 saturated heterocycles. The molecule has 2 fully saturated rings. The van der Waals surface area contributed by atoms with Gasteiger partial charge in [0.1, 0.15) is 0 Å². The van der Waals surface area contributed by atoms with Crippen molar-refractivity contribution in [2.45, 2.75) is 25.7 Å². The van der Waals surface area contributed by atoms with Gasteiger partial charge in [0.05, 0.1) is 5.56 Å². The van der Waals surface area contributed by atoms with E-state index >= 15 is 0 Å². The lowest BCUT2D eigenvalue weighted by Crippen LogP contribution is -2.14. The molecule has 118 valence electrons. The number of aromatic carboxylic acids is 1. The quantitative estimate of drug-likeness (QED) is 0.883. The smallest absolute Gasteiger partial charge is 0.335 e. The first kappa shape index (κ1) is 14.4. The molecule has 2 aromatic rings. The highest BCUT2D eigenvalue weighted by atomic mass is 32.1. The highest BCUT2D eigenvalue weighted by Gasteiger charge is 2.65. The second-order valence-electron chi connectivity index (χ2n) is 6.42. The van der Waals surface area contributed by atoms with E-state index in [-0.39, 0.29) is 17.4 Å². The second-order valence-corrected chi connectivity index (χ2v) is 7.54. The van der Waals surface area contributed by atoms with E-state index in [1.165, 1.54) is 24.2 Å². The van der Waals surface area contributed by atoms with E-state index in [1.54, 1.807) is 24.4 Å². The van der Waals surface area contributed by atoms with Crippen LogP contribution in [0.1, 0.15) is 40.1 Å². The molecule has 2 N–H and O–H groups in total. The summed E-state index contributed by atoms with van der Waals surface area (Å²) in [6, 6.07) is 6.88. The van der Waals surface area contributed by atoms with Gasteiger partial charge in [0.2, 0.25) is 5.91 Å². The van der Waals surface area contributed by atoms with Gasteiger partial charge in [-0.1, -0.05) is 12.1 Å². The topological polar surface area (TPSA) is 79.3 Å². The van der Waals surface area contributed by atoms with Gasteiger partial charge in [0.25, 0.3) is 0 Å². The molecule has 1 aromatic heterocycles. The van der Waals surface area contributed by atoms with Crippen molar-refractivity contribution in [3.8, 4) is 0 Å². The Morgan fingerprint density at radius 1 is 1.39 bits per heavy atom. The number of amides is 1. The minimum atomic E-state index is -0.928. The summed E-state index contributed by atoms with van der Waals surface area (Å²) >= 11 is 1.45. The molecule has 0 bridgehead atoms. The second kappa shape index (κ2) is 5.16. The van der Waals surface area contributed by atoms with Crippen LogP contribution in [0.25, 0.3) is 0 Å². The van der Waals surface area contributed by atoms with Gasteiger partial charge < -0.3 is 10.4 Å². The molecule has 1 heterocycles. The molecule has 1 unspecified atom stereocenters. The minimum Gasteiger partial charge on any atom is -0.478 e. The predicted octanol–water partition coefficient (Wildman–Crippen LogP) is 3.17. The summed E-state index contributed by atoms with van der Waals surface area (Å²) in [6.07, 6.45) is 5.76. The molecule has 1 aromatic carbocycles.